The van der Waals surface area contributed by atoms with Gasteiger partial charge in [-0.1, -0.05) is 13.8 Å². The van der Waals surface area contributed by atoms with Crippen LogP contribution in [0.5, 0.6) is 0 Å². The summed E-state index contributed by atoms with van der Waals surface area (Å²) in [6, 6.07) is 2.15. The lowest BCUT2D eigenvalue weighted by Gasteiger charge is -2.10. The molecule has 1 rings (SSSR count). The number of rotatable bonds is 7. The Kier molecular flexibility index (Phi) is 5.49. The van der Waals surface area contributed by atoms with Crippen molar-refractivity contribution in [2.45, 2.75) is 40.3 Å². The van der Waals surface area contributed by atoms with Crippen molar-refractivity contribution in [3.8, 4) is 0 Å². The highest BCUT2D eigenvalue weighted by atomic mass is 16.3. The van der Waals surface area contributed by atoms with Gasteiger partial charge in [-0.2, -0.15) is 5.10 Å². The van der Waals surface area contributed by atoms with E-state index in [0.717, 1.165) is 31.7 Å². The molecule has 4 heteroatoms. The molecule has 0 aliphatic rings. The molecule has 0 aliphatic heterocycles. The molecule has 0 spiro atoms. The molecule has 0 amide bonds. The number of hydrogen-bond acceptors (Lipinski definition) is 3. The molecular formula is C12H23N3O. The maximum Gasteiger partial charge on any atom is 0.0625 e. The monoisotopic (exact) mass is 225 g/mol. The predicted octanol–water partition coefficient (Wildman–Crippen LogP) is 1.18. The third kappa shape index (κ3) is 3.61. The van der Waals surface area contributed by atoms with Crippen molar-refractivity contribution < 1.29 is 5.11 Å². The van der Waals surface area contributed by atoms with Gasteiger partial charge in [-0.05, 0) is 25.3 Å². The number of nitrogens with one attached hydrogen (secondary N) is 1. The van der Waals surface area contributed by atoms with Crippen molar-refractivity contribution in [2.75, 3.05) is 13.2 Å². The number of nitrogens with zero attached hydrogens (tertiary/aromatic N) is 2. The molecule has 0 saturated carbocycles. The molecule has 92 valence electrons. The van der Waals surface area contributed by atoms with Crippen molar-refractivity contribution in [2.24, 2.45) is 5.92 Å². The smallest absolute Gasteiger partial charge is 0.0625 e. The van der Waals surface area contributed by atoms with Crippen LogP contribution in [0.3, 0.4) is 0 Å². The van der Waals surface area contributed by atoms with Gasteiger partial charge in [0.15, 0.2) is 0 Å². The summed E-state index contributed by atoms with van der Waals surface area (Å²) in [5, 5.41) is 16.8. The Balaban J connectivity index is 2.49. The van der Waals surface area contributed by atoms with Crippen LogP contribution in [-0.2, 0) is 19.5 Å². The Morgan fingerprint density at radius 2 is 2.25 bits per heavy atom. The summed E-state index contributed by atoms with van der Waals surface area (Å²) in [7, 11) is 0. The fourth-order valence-corrected chi connectivity index (χ4v) is 1.62. The third-order valence-electron chi connectivity index (χ3n) is 2.69. The van der Waals surface area contributed by atoms with Crippen molar-refractivity contribution >= 4 is 0 Å². The second kappa shape index (κ2) is 6.66. The van der Waals surface area contributed by atoms with Crippen LogP contribution in [0, 0.1) is 5.92 Å². The Hall–Kier alpha value is -0.870. The van der Waals surface area contributed by atoms with Crippen molar-refractivity contribution in [3.05, 3.63) is 17.5 Å². The lowest BCUT2D eigenvalue weighted by Crippen LogP contribution is -2.24. The van der Waals surface area contributed by atoms with E-state index in [2.05, 4.69) is 30.3 Å². The van der Waals surface area contributed by atoms with Crippen LogP contribution in [0.25, 0.3) is 0 Å². The summed E-state index contributed by atoms with van der Waals surface area (Å²) in [4.78, 5) is 0. The number of hydrogen-bond donors (Lipinski definition) is 2. The maximum absolute atomic E-state index is 8.92. The van der Waals surface area contributed by atoms with Gasteiger partial charge in [0.25, 0.3) is 0 Å². The highest BCUT2D eigenvalue weighted by Crippen LogP contribution is 2.05. The highest BCUT2D eigenvalue weighted by Gasteiger charge is 2.05. The Morgan fingerprint density at radius 1 is 1.50 bits per heavy atom. The zero-order valence-electron chi connectivity index (χ0n) is 10.5. The second-order valence-electron chi connectivity index (χ2n) is 4.21. The van der Waals surface area contributed by atoms with Crippen LogP contribution < -0.4 is 5.32 Å². The fraction of sp³-hybridized carbons (Fsp3) is 0.750. The first kappa shape index (κ1) is 13.2. The van der Waals surface area contributed by atoms with E-state index >= 15 is 0 Å². The normalized spacial score (nSPS) is 13.0. The van der Waals surface area contributed by atoms with E-state index in [4.69, 9.17) is 5.11 Å². The van der Waals surface area contributed by atoms with Gasteiger partial charge in [-0.3, -0.25) is 4.68 Å². The van der Waals surface area contributed by atoms with E-state index < -0.39 is 0 Å². The van der Waals surface area contributed by atoms with Crippen LogP contribution in [-0.4, -0.2) is 28.0 Å². The molecule has 0 bridgehead atoms. The van der Waals surface area contributed by atoms with Gasteiger partial charge < -0.3 is 10.4 Å². The molecule has 1 aromatic rings. The van der Waals surface area contributed by atoms with Crippen LogP contribution in [0.2, 0.25) is 0 Å². The molecule has 4 nitrogen and oxygen atoms in total. The summed E-state index contributed by atoms with van der Waals surface area (Å²) in [6.45, 7) is 9.06. The van der Waals surface area contributed by atoms with Gasteiger partial charge in [-0.25, -0.2) is 0 Å². The van der Waals surface area contributed by atoms with E-state index in [0.29, 0.717) is 5.92 Å². The molecule has 1 unspecified atom stereocenters. The van der Waals surface area contributed by atoms with E-state index in [-0.39, 0.29) is 6.61 Å². The minimum absolute atomic E-state index is 0.236. The minimum atomic E-state index is 0.236. The average Bonchev–Trinajstić information content (AvgIpc) is 2.71. The van der Waals surface area contributed by atoms with Gasteiger partial charge in [0, 0.05) is 26.2 Å². The Bertz CT molecular complexity index is 309. The minimum Gasteiger partial charge on any atom is -0.396 e. The van der Waals surface area contributed by atoms with Gasteiger partial charge in [0.2, 0.25) is 0 Å². The molecule has 0 fully saturated rings. The second-order valence-corrected chi connectivity index (χ2v) is 4.21. The zero-order chi connectivity index (χ0) is 12.0. The summed E-state index contributed by atoms with van der Waals surface area (Å²) in [6.07, 6.45) is 0.979. The lowest BCUT2D eigenvalue weighted by atomic mass is 10.2. The number of aryl methyl sites for hydroxylation is 2. The van der Waals surface area contributed by atoms with Gasteiger partial charge in [0.05, 0.1) is 11.4 Å². The third-order valence-corrected chi connectivity index (χ3v) is 2.69. The summed E-state index contributed by atoms with van der Waals surface area (Å²) in [5.74, 6) is 0.309. The van der Waals surface area contributed by atoms with Crippen LogP contribution in [0.1, 0.15) is 32.2 Å². The lowest BCUT2D eigenvalue weighted by molar-refractivity contribution is 0.233. The molecule has 0 aliphatic carbocycles. The molecule has 0 saturated heterocycles. The van der Waals surface area contributed by atoms with E-state index in [1.54, 1.807) is 0 Å². The molecule has 2 N–H and O–H groups in total. The van der Waals surface area contributed by atoms with E-state index in [9.17, 15) is 0 Å². The average molecular weight is 225 g/mol. The van der Waals surface area contributed by atoms with Crippen molar-refractivity contribution in [1.29, 1.82) is 0 Å². The molecule has 1 heterocycles. The van der Waals surface area contributed by atoms with E-state index in [1.165, 1.54) is 5.69 Å². The summed E-state index contributed by atoms with van der Waals surface area (Å²) < 4.78 is 2.04. The van der Waals surface area contributed by atoms with Gasteiger partial charge in [0.1, 0.15) is 0 Å². The highest BCUT2D eigenvalue weighted by molar-refractivity contribution is 5.10. The van der Waals surface area contributed by atoms with Crippen molar-refractivity contribution in [1.82, 2.24) is 15.1 Å². The first-order valence-electron chi connectivity index (χ1n) is 6.08. The number of aromatic nitrogens is 2. The molecular weight excluding hydrogens is 202 g/mol. The SMILES string of the molecule is CCc1cc(CNCC(C)CO)n(CC)n1. The fourth-order valence-electron chi connectivity index (χ4n) is 1.62. The zero-order valence-corrected chi connectivity index (χ0v) is 10.5. The van der Waals surface area contributed by atoms with Gasteiger partial charge >= 0.3 is 0 Å². The quantitative estimate of drug-likeness (QED) is 0.732. The maximum atomic E-state index is 8.92. The topological polar surface area (TPSA) is 50.1 Å². The van der Waals surface area contributed by atoms with E-state index in [1.807, 2.05) is 11.6 Å². The first-order chi connectivity index (χ1) is 7.71. The molecule has 0 aromatic carbocycles. The van der Waals surface area contributed by atoms with Gasteiger partial charge in [-0.15, -0.1) is 0 Å². The standard InChI is InChI=1S/C12H23N3O/c1-4-11-6-12(15(5-2)14-11)8-13-7-10(3)9-16/h6,10,13,16H,4-5,7-9H2,1-3H3. The molecule has 16 heavy (non-hydrogen) atoms. The Morgan fingerprint density at radius 3 is 2.81 bits per heavy atom. The van der Waals surface area contributed by atoms with Crippen LogP contribution >= 0.6 is 0 Å². The number of aliphatic hydroxyl groups is 1. The first-order valence-corrected chi connectivity index (χ1v) is 6.08. The Labute approximate surface area is 97.7 Å². The summed E-state index contributed by atoms with van der Waals surface area (Å²) in [5.41, 5.74) is 2.37. The van der Waals surface area contributed by atoms with Crippen molar-refractivity contribution in [3.63, 3.8) is 0 Å². The molecule has 0 radical (unpaired) electrons. The summed E-state index contributed by atoms with van der Waals surface area (Å²) >= 11 is 0. The molecule has 1 atom stereocenters. The predicted molar refractivity (Wildman–Crippen MR) is 65.2 cm³/mol. The van der Waals surface area contributed by atoms with Crippen LogP contribution in [0.4, 0.5) is 0 Å². The number of aliphatic hydroxyl groups excluding tert-OH is 1. The van der Waals surface area contributed by atoms with Crippen LogP contribution in [0.15, 0.2) is 6.07 Å². The molecule has 1 aromatic heterocycles. The largest absolute Gasteiger partial charge is 0.396 e.